The minimum atomic E-state index is -0.691. The van der Waals surface area contributed by atoms with Crippen LogP contribution in [0.4, 0.5) is 4.79 Å². The van der Waals surface area contributed by atoms with Crippen molar-refractivity contribution in [1.82, 2.24) is 15.5 Å². The van der Waals surface area contributed by atoms with E-state index in [9.17, 15) is 28.8 Å². The summed E-state index contributed by atoms with van der Waals surface area (Å²) in [5.74, 6) is -1.07. The van der Waals surface area contributed by atoms with Gasteiger partial charge in [-0.05, 0) is 86.0 Å². The minimum absolute atomic E-state index is 0.00982. The first-order valence-electron chi connectivity index (χ1n) is 16.9. The van der Waals surface area contributed by atoms with E-state index in [0.29, 0.717) is 79.7 Å². The fraction of sp³-hybridized carbons (Fsp3) is 0.667. The number of alkyl carbamates (subject to hydrolysis) is 1. The topological polar surface area (TPSA) is 139 Å². The van der Waals surface area contributed by atoms with E-state index in [0.717, 1.165) is 0 Å². The SMILES string of the molecule is CCOC(=O)N[C@H](/C=C/[C@H](Br)C(=O)N1CCC[C@H]1C(=O)C[C@@H](CCCCC1=C(C)C(=O)C(C)=C(C)C1=O)C(=O)NC(C)C)CC(C)C. The minimum Gasteiger partial charge on any atom is -0.450 e. The van der Waals surface area contributed by atoms with E-state index in [1.807, 2.05) is 27.7 Å². The summed E-state index contributed by atoms with van der Waals surface area (Å²) in [6.45, 7) is 15.3. The van der Waals surface area contributed by atoms with Gasteiger partial charge in [0.1, 0.15) is 4.83 Å². The third kappa shape index (κ3) is 11.8. The van der Waals surface area contributed by atoms with Gasteiger partial charge in [-0.1, -0.05) is 48.4 Å². The number of Topliss-reactive ketones (excluding diaryl/α,β-unsaturated/α-hetero) is 3. The van der Waals surface area contributed by atoms with Crippen molar-refractivity contribution >= 4 is 51.2 Å². The maximum Gasteiger partial charge on any atom is 0.407 e. The van der Waals surface area contributed by atoms with Crippen LogP contribution in [-0.4, -0.2) is 76.3 Å². The Kier molecular flexibility index (Phi) is 16.3. The Morgan fingerprint density at radius 1 is 0.957 bits per heavy atom. The summed E-state index contributed by atoms with van der Waals surface area (Å²) in [5, 5.41) is 5.75. The van der Waals surface area contributed by atoms with Crippen molar-refractivity contribution in [2.75, 3.05) is 13.2 Å². The van der Waals surface area contributed by atoms with Crippen molar-refractivity contribution < 1.29 is 33.5 Å². The van der Waals surface area contributed by atoms with Gasteiger partial charge in [0.05, 0.1) is 18.7 Å². The smallest absolute Gasteiger partial charge is 0.407 e. The second-order valence-electron chi connectivity index (χ2n) is 13.4. The number of unbranched alkanes of at least 4 members (excludes halogenated alkanes) is 1. The molecular weight excluding hydrogens is 666 g/mol. The highest BCUT2D eigenvalue weighted by atomic mass is 79.9. The number of halogens is 1. The van der Waals surface area contributed by atoms with Crippen LogP contribution < -0.4 is 10.6 Å². The van der Waals surface area contributed by atoms with Gasteiger partial charge in [0.25, 0.3) is 0 Å². The lowest BCUT2D eigenvalue weighted by Crippen LogP contribution is -2.45. The number of allylic oxidation sites excluding steroid dienone is 4. The summed E-state index contributed by atoms with van der Waals surface area (Å²) >= 11 is 3.47. The number of carbonyl (C=O) groups excluding carboxylic acids is 6. The Morgan fingerprint density at radius 2 is 1.62 bits per heavy atom. The van der Waals surface area contributed by atoms with E-state index < -0.39 is 22.9 Å². The van der Waals surface area contributed by atoms with E-state index in [4.69, 9.17) is 4.74 Å². The molecule has 2 rings (SSSR count). The van der Waals surface area contributed by atoms with Gasteiger partial charge < -0.3 is 20.3 Å². The zero-order chi connectivity index (χ0) is 35.4. The number of likely N-dealkylation sites (tertiary alicyclic amines) is 1. The second-order valence-corrected chi connectivity index (χ2v) is 14.4. The number of alkyl halides is 1. The molecule has 47 heavy (non-hydrogen) atoms. The Hall–Kier alpha value is -3.08. The zero-order valence-electron chi connectivity index (χ0n) is 29.4. The number of hydrogen-bond donors (Lipinski definition) is 2. The molecule has 0 aromatic rings. The maximum absolute atomic E-state index is 13.7. The van der Waals surface area contributed by atoms with Crippen molar-refractivity contribution in [2.45, 2.75) is 130 Å². The van der Waals surface area contributed by atoms with Crippen LogP contribution in [0.3, 0.4) is 0 Å². The van der Waals surface area contributed by atoms with E-state index in [-0.39, 0.29) is 54.3 Å². The van der Waals surface area contributed by atoms with Crippen LogP contribution in [0, 0.1) is 11.8 Å². The highest BCUT2D eigenvalue weighted by Crippen LogP contribution is 2.29. The zero-order valence-corrected chi connectivity index (χ0v) is 31.0. The molecule has 2 N–H and O–H groups in total. The van der Waals surface area contributed by atoms with Gasteiger partial charge in [-0.2, -0.15) is 0 Å². The molecule has 0 spiro atoms. The molecule has 1 saturated heterocycles. The number of amides is 3. The Morgan fingerprint density at radius 3 is 2.23 bits per heavy atom. The molecule has 0 radical (unpaired) electrons. The first kappa shape index (κ1) is 40.1. The summed E-state index contributed by atoms with van der Waals surface area (Å²) in [5.41, 5.74) is 1.99. The number of nitrogens with zero attached hydrogens (tertiary/aromatic N) is 1. The molecular formula is C36H54BrN3O7. The molecule has 1 aliphatic carbocycles. The van der Waals surface area contributed by atoms with Gasteiger partial charge in [0, 0.05) is 47.2 Å². The van der Waals surface area contributed by atoms with Crippen molar-refractivity contribution in [3.63, 3.8) is 0 Å². The van der Waals surface area contributed by atoms with Gasteiger partial charge in [0.15, 0.2) is 17.3 Å². The number of carbonyl (C=O) groups is 6. The molecule has 4 atom stereocenters. The lowest BCUT2D eigenvalue weighted by Gasteiger charge is -2.27. The van der Waals surface area contributed by atoms with Gasteiger partial charge in [0.2, 0.25) is 11.8 Å². The summed E-state index contributed by atoms with van der Waals surface area (Å²) in [4.78, 5) is 78.6. The molecule has 0 unspecified atom stereocenters. The highest BCUT2D eigenvalue weighted by Gasteiger charge is 2.37. The quantitative estimate of drug-likeness (QED) is 0.0823. The third-order valence-electron chi connectivity index (χ3n) is 8.75. The lowest BCUT2D eigenvalue weighted by molar-refractivity contribution is -0.138. The molecule has 3 amide bonds. The first-order valence-corrected chi connectivity index (χ1v) is 17.9. The molecule has 10 nitrogen and oxygen atoms in total. The standard InChI is InChI=1S/C36H54BrN3O7/c1-9-47-36(46)39-27(19-21(2)3)16-17-29(37)35(45)40-18-12-15-30(40)31(41)20-26(34(44)38-22(4)5)13-10-11-14-28-25(8)32(42)23(6)24(7)33(28)43/h16-17,21-22,26-27,29-30H,9-15,18-20H2,1-8H3,(H,38,44)(H,39,46)/b17-16+/t26-,27-,29+,30+/m1/s1. The Balaban J connectivity index is 2.08. The van der Waals surface area contributed by atoms with Crippen molar-refractivity contribution in [3.05, 3.63) is 34.4 Å². The maximum atomic E-state index is 13.7. The number of rotatable bonds is 17. The summed E-state index contributed by atoms with van der Waals surface area (Å²) < 4.78 is 5.01. The van der Waals surface area contributed by atoms with E-state index in [2.05, 4.69) is 26.6 Å². The molecule has 1 aliphatic heterocycles. The van der Waals surface area contributed by atoms with Gasteiger partial charge in [-0.25, -0.2) is 4.79 Å². The second kappa shape index (κ2) is 19.1. The summed E-state index contributed by atoms with van der Waals surface area (Å²) in [7, 11) is 0. The third-order valence-corrected chi connectivity index (χ3v) is 9.45. The largest absolute Gasteiger partial charge is 0.450 e. The van der Waals surface area contributed by atoms with Gasteiger partial charge in [-0.15, -0.1) is 0 Å². The molecule has 2 aliphatic rings. The average molecular weight is 721 g/mol. The molecule has 262 valence electrons. The fourth-order valence-corrected chi connectivity index (χ4v) is 6.55. The van der Waals surface area contributed by atoms with Crippen LogP contribution in [0.1, 0.15) is 107 Å². The fourth-order valence-electron chi connectivity index (χ4n) is 6.11. The van der Waals surface area contributed by atoms with Crippen molar-refractivity contribution in [3.8, 4) is 0 Å². The predicted molar refractivity (Wildman–Crippen MR) is 186 cm³/mol. The van der Waals surface area contributed by atoms with Crippen LogP contribution in [-0.2, 0) is 28.7 Å². The van der Waals surface area contributed by atoms with Crippen LogP contribution in [0.25, 0.3) is 0 Å². The molecule has 1 fully saturated rings. The molecule has 1 heterocycles. The average Bonchev–Trinajstić information content (AvgIpc) is 3.50. The molecule has 0 saturated carbocycles. The van der Waals surface area contributed by atoms with Gasteiger partial charge in [-0.3, -0.25) is 24.0 Å². The molecule has 0 aromatic carbocycles. The summed E-state index contributed by atoms with van der Waals surface area (Å²) in [6, 6.07) is -1.04. The van der Waals surface area contributed by atoms with Crippen molar-refractivity contribution in [2.24, 2.45) is 11.8 Å². The number of ketones is 3. The van der Waals surface area contributed by atoms with Crippen molar-refractivity contribution in [1.29, 1.82) is 0 Å². The highest BCUT2D eigenvalue weighted by molar-refractivity contribution is 9.10. The molecule has 11 heteroatoms. The Labute approximate surface area is 288 Å². The van der Waals surface area contributed by atoms with Gasteiger partial charge >= 0.3 is 6.09 Å². The molecule has 0 bridgehead atoms. The Bertz CT molecular complexity index is 1280. The van der Waals surface area contributed by atoms with Crippen LogP contribution in [0.2, 0.25) is 0 Å². The van der Waals surface area contributed by atoms with E-state index >= 15 is 0 Å². The monoisotopic (exact) mass is 719 g/mol. The molecule has 0 aromatic heterocycles. The first-order chi connectivity index (χ1) is 22.1. The summed E-state index contributed by atoms with van der Waals surface area (Å²) in [6.07, 6.45) is 6.93. The predicted octanol–water partition coefficient (Wildman–Crippen LogP) is 5.92. The number of hydrogen-bond acceptors (Lipinski definition) is 7. The van der Waals surface area contributed by atoms with Crippen LogP contribution in [0.5, 0.6) is 0 Å². The number of nitrogens with one attached hydrogen (secondary N) is 2. The van der Waals surface area contributed by atoms with E-state index in [1.54, 1.807) is 44.7 Å². The normalized spacial score (nSPS) is 19.1. The number of ether oxygens (including phenoxy) is 1. The lowest BCUT2D eigenvalue weighted by atomic mass is 9.83. The van der Waals surface area contributed by atoms with Crippen LogP contribution in [0.15, 0.2) is 34.4 Å². The van der Waals surface area contributed by atoms with E-state index in [1.165, 1.54) is 0 Å². The van der Waals surface area contributed by atoms with Crippen LogP contribution >= 0.6 is 15.9 Å².